The normalized spacial score (nSPS) is 24.5. The average molecular weight is 491 g/mol. The Hall–Kier alpha value is -2.37. The van der Waals surface area contributed by atoms with Crippen LogP contribution in [0.4, 0.5) is 0 Å². The summed E-state index contributed by atoms with van der Waals surface area (Å²) >= 11 is 0. The van der Waals surface area contributed by atoms with Crippen molar-refractivity contribution >= 4 is 5.91 Å². The number of rotatable bonds is 7. The van der Waals surface area contributed by atoms with E-state index in [9.17, 15) is 4.79 Å². The summed E-state index contributed by atoms with van der Waals surface area (Å²) in [6.07, 6.45) is 7.88. The van der Waals surface area contributed by atoms with Gasteiger partial charge in [-0.2, -0.15) is 0 Å². The maximum absolute atomic E-state index is 12.9. The number of amides is 1. The van der Waals surface area contributed by atoms with Gasteiger partial charge in [-0.05, 0) is 97.9 Å². The molecule has 2 heterocycles. The molecule has 0 bridgehead atoms. The first kappa shape index (κ1) is 25.3. The Morgan fingerprint density at radius 1 is 1.06 bits per heavy atom. The Kier molecular flexibility index (Phi) is 7.68. The lowest BCUT2D eigenvalue weighted by Crippen LogP contribution is -2.39. The van der Waals surface area contributed by atoms with E-state index >= 15 is 0 Å². The van der Waals surface area contributed by atoms with Gasteiger partial charge in [0.1, 0.15) is 12.4 Å². The summed E-state index contributed by atoms with van der Waals surface area (Å²) in [5.41, 5.74) is 5.27. The minimum atomic E-state index is -0.00648. The molecule has 0 saturated carbocycles. The predicted molar refractivity (Wildman–Crippen MR) is 144 cm³/mol. The minimum Gasteiger partial charge on any atom is -0.491 e. The van der Waals surface area contributed by atoms with Crippen LogP contribution in [0.5, 0.6) is 5.75 Å². The van der Waals surface area contributed by atoms with E-state index in [2.05, 4.69) is 49.2 Å². The number of aryl methyl sites for hydroxylation is 1. The van der Waals surface area contributed by atoms with Gasteiger partial charge in [0, 0.05) is 30.8 Å². The zero-order chi connectivity index (χ0) is 25.1. The first-order valence-electron chi connectivity index (χ1n) is 13.9. The number of nitrogens with zero attached hydrogens (tertiary/aromatic N) is 1. The number of benzene rings is 2. The van der Waals surface area contributed by atoms with Crippen molar-refractivity contribution in [3.8, 4) is 5.75 Å². The quantitative estimate of drug-likeness (QED) is 0.554. The van der Waals surface area contributed by atoms with E-state index < -0.39 is 0 Å². The molecule has 3 aliphatic rings. The van der Waals surface area contributed by atoms with Gasteiger partial charge in [-0.25, -0.2) is 0 Å². The van der Waals surface area contributed by atoms with E-state index in [0.29, 0.717) is 23.6 Å². The second kappa shape index (κ2) is 10.9. The number of carbonyl (C=O) groups excluding carboxylic acids is 1. The fourth-order valence-electron chi connectivity index (χ4n) is 6.20. The van der Waals surface area contributed by atoms with Crippen LogP contribution in [0.15, 0.2) is 42.5 Å². The topological polar surface area (TPSA) is 50.8 Å². The van der Waals surface area contributed by atoms with Crippen molar-refractivity contribution in [3.05, 3.63) is 64.7 Å². The van der Waals surface area contributed by atoms with Crippen LogP contribution in [0.25, 0.3) is 0 Å². The largest absolute Gasteiger partial charge is 0.491 e. The van der Waals surface area contributed by atoms with Crippen molar-refractivity contribution in [2.75, 3.05) is 19.8 Å². The van der Waals surface area contributed by atoms with Gasteiger partial charge in [0.2, 0.25) is 0 Å². The number of fused-ring (bicyclic) bond motifs is 1. The number of ether oxygens (including phenoxy) is 2. The number of likely N-dealkylation sites (tertiary alicyclic amines) is 1. The summed E-state index contributed by atoms with van der Waals surface area (Å²) in [6.45, 7) is 10.8. The zero-order valence-corrected chi connectivity index (χ0v) is 22.2. The van der Waals surface area contributed by atoms with Gasteiger partial charge in [0.15, 0.2) is 0 Å². The molecular weight excluding hydrogens is 448 g/mol. The summed E-state index contributed by atoms with van der Waals surface area (Å²) < 4.78 is 11.4. The summed E-state index contributed by atoms with van der Waals surface area (Å²) in [6, 6.07) is 15.3. The highest BCUT2D eigenvalue weighted by Crippen LogP contribution is 2.34. The molecule has 36 heavy (non-hydrogen) atoms. The monoisotopic (exact) mass is 490 g/mol. The second-order valence-electron chi connectivity index (χ2n) is 12.0. The summed E-state index contributed by atoms with van der Waals surface area (Å²) in [5.74, 6) is 0.778. The van der Waals surface area contributed by atoms with Crippen LogP contribution in [0.2, 0.25) is 0 Å². The third-order valence-corrected chi connectivity index (χ3v) is 8.16. The van der Waals surface area contributed by atoms with Crippen molar-refractivity contribution < 1.29 is 14.3 Å². The summed E-state index contributed by atoms with van der Waals surface area (Å²) in [5, 5.41) is 3.26. The van der Waals surface area contributed by atoms with Crippen LogP contribution in [-0.2, 0) is 24.1 Å². The first-order valence-corrected chi connectivity index (χ1v) is 13.9. The molecule has 5 rings (SSSR count). The van der Waals surface area contributed by atoms with Crippen LogP contribution in [0, 0.1) is 5.41 Å². The first-order chi connectivity index (χ1) is 17.3. The maximum atomic E-state index is 12.9. The van der Waals surface area contributed by atoms with Gasteiger partial charge in [-0.15, -0.1) is 0 Å². The maximum Gasteiger partial charge on any atom is 0.251 e. The van der Waals surface area contributed by atoms with Crippen LogP contribution >= 0.6 is 0 Å². The Morgan fingerprint density at radius 3 is 2.64 bits per heavy atom. The molecule has 2 saturated heterocycles. The molecule has 1 aliphatic carbocycles. The third kappa shape index (κ3) is 6.12. The van der Waals surface area contributed by atoms with Crippen LogP contribution in [-0.4, -0.2) is 48.8 Å². The standard InChI is InChI=1S/C31H42N2O3/c1-31(2,3)29-7-4-16-33(29)20-22-8-9-25-19-26(13-10-24(25)18-22)32-30(34)23-11-14-27(15-12-23)36-21-28-6-5-17-35-28/h8-9,11-12,14-15,18,26,28-29H,4-7,10,13,16-17,19-21H2,1-3H3,(H,32,34)/t26-,28-,29?/m0/s1. The predicted octanol–water partition coefficient (Wildman–Crippen LogP) is 5.54. The average Bonchev–Trinajstić information content (AvgIpc) is 3.55. The van der Waals surface area contributed by atoms with Gasteiger partial charge in [0.05, 0.1) is 6.10 Å². The number of carbonyl (C=O) groups is 1. The second-order valence-corrected chi connectivity index (χ2v) is 12.0. The molecule has 0 aromatic heterocycles. The smallest absolute Gasteiger partial charge is 0.251 e. The molecule has 0 radical (unpaired) electrons. The highest BCUT2D eigenvalue weighted by Gasteiger charge is 2.34. The molecule has 2 aromatic rings. The Labute approximate surface area is 216 Å². The Morgan fingerprint density at radius 2 is 1.89 bits per heavy atom. The Balaban J connectivity index is 1.13. The molecular formula is C31H42N2O3. The lowest BCUT2D eigenvalue weighted by Gasteiger charge is -2.35. The van der Waals surface area contributed by atoms with Gasteiger partial charge in [-0.1, -0.05) is 39.0 Å². The molecule has 3 atom stereocenters. The lowest BCUT2D eigenvalue weighted by molar-refractivity contribution is 0.0679. The number of hydrogen-bond acceptors (Lipinski definition) is 4. The fourth-order valence-corrected chi connectivity index (χ4v) is 6.20. The molecule has 5 heteroatoms. The zero-order valence-electron chi connectivity index (χ0n) is 22.2. The molecule has 1 amide bonds. The van der Waals surface area contributed by atoms with Gasteiger partial charge in [0.25, 0.3) is 5.91 Å². The van der Waals surface area contributed by atoms with E-state index in [1.54, 1.807) is 0 Å². The van der Waals surface area contributed by atoms with Gasteiger partial charge in [-0.3, -0.25) is 9.69 Å². The van der Waals surface area contributed by atoms with Crippen molar-refractivity contribution in [2.45, 2.75) is 90.4 Å². The van der Waals surface area contributed by atoms with Gasteiger partial charge >= 0.3 is 0 Å². The van der Waals surface area contributed by atoms with Crippen molar-refractivity contribution in [1.29, 1.82) is 0 Å². The summed E-state index contributed by atoms with van der Waals surface area (Å²) in [4.78, 5) is 15.6. The number of hydrogen-bond donors (Lipinski definition) is 1. The molecule has 1 N–H and O–H groups in total. The molecule has 2 aliphatic heterocycles. The minimum absolute atomic E-state index is 0.00648. The highest BCUT2D eigenvalue weighted by atomic mass is 16.5. The SMILES string of the molecule is CC(C)(C)C1CCCN1Cc1ccc2c(c1)CC[C@H](NC(=O)c1ccc(OC[C@@H]3CCCO3)cc1)C2. The highest BCUT2D eigenvalue weighted by molar-refractivity contribution is 5.94. The molecule has 2 aromatic carbocycles. The molecule has 0 spiro atoms. The van der Waals surface area contributed by atoms with E-state index in [1.807, 2.05) is 24.3 Å². The van der Waals surface area contributed by atoms with Crippen LogP contribution < -0.4 is 10.1 Å². The van der Waals surface area contributed by atoms with Crippen LogP contribution in [0.1, 0.15) is 79.9 Å². The lowest BCUT2D eigenvalue weighted by atomic mass is 9.84. The van der Waals surface area contributed by atoms with E-state index in [0.717, 1.165) is 51.0 Å². The van der Waals surface area contributed by atoms with Crippen LogP contribution in [0.3, 0.4) is 0 Å². The van der Waals surface area contributed by atoms with Crippen molar-refractivity contribution in [1.82, 2.24) is 10.2 Å². The summed E-state index contributed by atoms with van der Waals surface area (Å²) in [7, 11) is 0. The van der Waals surface area contributed by atoms with E-state index in [-0.39, 0.29) is 18.1 Å². The Bertz CT molecular complexity index is 1040. The van der Waals surface area contributed by atoms with Crippen molar-refractivity contribution in [2.24, 2.45) is 5.41 Å². The third-order valence-electron chi connectivity index (χ3n) is 8.16. The molecule has 2 fully saturated rings. The van der Waals surface area contributed by atoms with E-state index in [4.69, 9.17) is 9.47 Å². The molecule has 1 unspecified atom stereocenters. The van der Waals surface area contributed by atoms with Crippen molar-refractivity contribution in [3.63, 3.8) is 0 Å². The van der Waals surface area contributed by atoms with E-state index in [1.165, 1.54) is 36.1 Å². The molecule has 5 nitrogen and oxygen atoms in total. The van der Waals surface area contributed by atoms with Gasteiger partial charge < -0.3 is 14.8 Å². The fraction of sp³-hybridized carbons (Fsp3) is 0.581. The number of nitrogens with one attached hydrogen (secondary N) is 1. The molecule has 194 valence electrons.